The lowest BCUT2D eigenvalue weighted by Crippen LogP contribution is -2.07. The summed E-state index contributed by atoms with van der Waals surface area (Å²) >= 11 is 0. The van der Waals surface area contributed by atoms with Crippen LogP contribution in [0.15, 0.2) is 77.5 Å². The fraction of sp³-hybridized carbons (Fsp3) is 0.125. The monoisotopic (exact) mass is 383 g/mol. The van der Waals surface area contributed by atoms with E-state index >= 15 is 0 Å². The minimum atomic E-state index is -0.201. The number of oxazole rings is 1. The summed E-state index contributed by atoms with van der Waals surface area (Å²) in [4.78, 5) is 20.8. The van der Waals surface area contributed by atoms with Crippen LogP contribution in [0.4, 0.5) is 5.69 Å². The van der Waals surface area contributed by atoms with Gasteiger partial charge in [0.1, 0.15) is 5.52 Å². The van der Waals surface area contributed by atoms with E-state index in [9.17, 15) is 4.79 Å². The van der Waals surface area contributed by atoms with Gasteiger partial charge in [0.25, 0.3) is 0 Å². The maximum atomic E-state index is 12.3. The Balaban J connectivity index is 1.46. The minimum absolute atomic E-state index is 0.201. The van der Waals surface area contributed by atoms with Crippen LogP contribution in [0.25, 0.3) is 28.6 Å². The first kappa shape index (κ1) is 18.6. The molecule has 0 unspecified atom stereocenters. The molecule has 1 amide bonds. The van der Waals surface area contributed by atoms with Crippen molar-refractivity contribution in [2.45, 2.75) is 19.8 Å². The third-order valence-electron chi connectivity index (χ3n) is 4.59. The molecule has 0 radical (unpaired) electrons. The molecule has 29 heavy (non-hydrogen) atoms. The van der Waals surface area contributed by atoms with Gasteiger partial charge in [0.15, 0.2) is 5.58 Å². The summed E-state index contributed by atoms with van der Waals surface area (Å²) in [5.74, 6) is 0.788. The minimum Gasteiger partial charge on any atom is -0.436 e. The predicted octanol–water partition coefficient (Wildman–Crippen LogP) is 5.67. The van der Waals surface area contributed by atoms with Gasteiger partial charge in [-0.3, -0.25) is 9.78 Å². The molecule has 2 aromatic heterocycles. The van der Waals surface area contributed by atoms with E-state index in [0.29, 0.717) is 28.6 Å². The molecule has 0 aliphatic heterocycles. The van der Waals surface area contributed by atoms with Crippen molar-refractivity contribution in [2.24, 2.45) is 0 Å². The lowest BCUT2D eigenvalue weighted by Gasteiger charge is -2.04. The summed E-state index contributed by atoms with van der Waals surface area (Å²) in [7, 11) is 0. The Bertz CT molecular complexity index is 1160. The van der Waals surface area contributed by atoms with Gasteiger partial charge in [0.2, 0.25) is 11.8 Å². The van der Waals surface area contributed by atoms with Crippen molar-refractivity contribution in [2.75, 3.05) is 5.32 Å². The van der Waals surface area contributed by atoms with E-state index in [4.69, 9.17) is 4.42 Å². The highest BCUT2D eigenvalue weighted by atomic mass is 16.3. The average molecular weight is 383 g/mol. The van der Waals surface area contributed by atoms with Gasteiger partial charge in [-0.05, 0) is 53.5 Å². The number of nitrogens with one attached hydrogen (secondary N) is 1. The van der Waals surface area contributed by atoms with Crippen molar-refractivity contribution < 1.29 is 9.21 Å². The number of nitrogens with zero attached hydrogens (tertiary/aromatic N) is 2. The molecule has 2 aromatic carbocycles. The van der Waals surface area contributed by atoms with E-state index in [0.717, 1.165) is 11.1 Å². The molecule has 0 atom stereocenters. The number of anilines is 1. The molecule has 4 rings (SSSR count). The topological polar surface area (TPSA) is 68.0 Å². The van der Waals surface area contributed by atoms with E-state index in [2.05, 4.69) is 41.3 Å². The molecule has 5 nitrogen and oxygen atoms in total. The van der Waals surface area contributed by atoms with Gasteiger partial charge in [0.05, 0.1) is 5.56 Å². The first-order chi connectivity index (χ1) is 14.1. The largest absolute Gasteiger partial charge is 0.436 e. The predicted molar refractivity (Wildman–Crippen MR) is 115 cm³/mol. The van der Waals surface area contributed by atoms with E-state index in [1.54, 1.807) is 36.7 Å². The third kappa shape index (κ3) is 4.41. The van der Waals surface area contributed by atoms with Gasteiger partial charge in [-0.15, -0.1) is 0 Å². The second-order valence-corrected chi connectivity index (χ2v) is 7.09. The van der Waals surface area contributed by atoms with Gasteiger partial charge >= 0.3 is 0 Å². The fourth-order valence-electron chi connectivity index (χ4n) is 2.97. The SMILES string of the molecule is CC(C)c1ccc(C=CC(=O)Nc2ccc3oc(-c4cccnc4)nc3c2)cc1. The summed E-state index contributed by atoms with van der Waals surface area (Å²) in [6.07, 6.45) is 6.73. The first-order valence-corrected chi connectivity index (χ1v) is 9.48. The van der Waals surface area contributed by atoms with Crippen LogP contribution in [0.5, 0.6) is 0 Å². The van der Waals surface area contributed by atoms with Crippen LogP contribution in [0.1, 0.15) is 30.9 Å². The molecule has 1 N–H and O–H groups in total. The van der Waals surface area contributed by atoms with Crippen LogP contribution in [0, 0.1) is 0 Å². The average Bonchev–Trinajstić information content (AvgIpc) is 3.17. The van der Waals surface area contributed by atoms with E-state index in [1.165, 1.54) is 11.6 Å². The number of carbonyl (C=O) groups excluding carboxylic acids is 1. The third-order valence-corrected chi connectivity index (χ3v) is 4.59. The lowest BCUT2D eigenvalue weighted by molar-refractivity contribution is -0.111. The second-order valence-electron chi connectivity index (χ2n) is 7.09. The van der Waals surface area contributed by atoms with Crippen LogP contribution >= 0.6 is 0 Å². The normalized spacial score (nSPS) is 11.4. The molecule has 5 heteroatoms. The van der Waals surface area contributed by atoms with Crippen LogP contribution < -0.4 is 5.32 Å². The fourth-order valence-corrected chi connectivity index (χ4v) is 2.97. The zero-order chi connectivity index (χ0) is 20.2. The van der Waals surface area contributed by atoms with Gasteiger partial charge in [-0.25, -0.2) is 4.98 Å². The van der Waals surface area contributed by atoms with Crippen LogP contribution in [0.2, 0.25) is 0 Å². The summed E-state index contributed by atoms with van der Waals surface area (Å²) < 4.78 is 5.77. The number of benzene rings is 2. The molecule has 144 valence electrons. The number of rotatable bonds is 5. The van der Waals surface area contributed by atoms with E-state index in [-0.39, 0.29) is 5.91 Å². The number of fused-ring (bicyclic) bond motifs is 1. The molecule has 0 bridgehead atoms. The lowest BCUT2D eigenvalue weighted by atomic mass is 10.0. The molecule has 0 aliphatic carbocycles. The first-order valence-electron chi connectivity index (χ1n) is 9.48. The molecule has 4 aromatic rings. The Morgan fingerprint density at radius 3 is 2.66 bits per heavy atom. The number of hydrogen-bond donors (Lipinski definition) is 1. The maximum Gasteiger partial charge on any atom is 0.248 e. The molecule has 0 saturated carbocycles. The number of aromatic nitrogens is 2. The Morgan fingerprint density at radius 2 is 1.93 bits per heavy atom. The van der Waals surface area contributed by atoms with Gasteiger partial charge in [-0.1, -0.05) is 38.1 Å². The Hall–Kier alpha value is -3.73. The van der Waals surface area contributed by atoms with Crippen molar-refractivity contribution in [1.82, 2.24) is 9.97 Å². The van der Waals surface area contributed by atoms with E-state index in [1.807, 2.05) is 24.3 Å². The van der Waals surface area contributed by atoms with Gasteiger partial charge in [0, 0.05) is 24.2 Å². The summed E-state index contributed by atoms with van der Waals surface area (Å²) in [6, 6.07) is 17.3. The molecular weight excluding hydrogens is 362 g/mol. The summed E-state index contributed by atoms with van der Waals surface area (Å²) in [5, 5.41) is 2.86. The number of carbonyl (C=O) groups is 1. The standard InChI is InChI=1S/C24H21N3O2/c1-16(2)18-8-5-17(6-9-18)7-12-23(28)26-20-10-11-22-21(14-20)27-24(29-22)19-4-3-13-25-15-19/h3-16H,1-2H3,(H,26,28). The Kier molecular flexibility index (Phi) is 5.20. The van der Waals surface area contributed by atoms with Crippen molar-refractivity contribution in [3.05, 3.63) is 84.2 Å². The van der Waals surface area contributed by atoms with Gasteiger partial charge in [-0.2, -0.15) is 0 Å². The zero-order valence-electron chi connectivity index (χ0n) is 16.3. The molecule has 0 saturated heterocycles. The van der Waals surface area contributed by atoms with Crippen molar-refractivity contribution >= 4 is 28.8 Å². The highest BCUT2D eigenvalue weighted by Gasteiger charge is 2.09. The summed E-state index contributed by atoms with van der Waals surface area (Å²) in [5.41, 5.74) is 5.06. The number of hydrogen-bond acceptors (Lipinski definition) is 4. The Labute approximate surface area is 169 Å². The molecule has 2 heterocycles. The molecule has 0 aliphatic rings. The van der Waals surface area contributed by atoms with Gasteiger partial charge < -0.3 is 9.73 Å². The zero-order valence-corrected chi connectivity index (χ0v) is 16.3. The number of pyridine rings is 1. The molecule has 0 spiro atoms. The smallest absolute Gasteiger partial charge is 0.248 e. The van der Waals surface area contributed by atoms with E-state index < -0.39 is 0 Å². The number of amides is 1. The quantitative estimate of drug-likeness (QED) is 0.451. The highest BCUT2D eigenvalue weighted by molar-refractivity contribution is 6.02. The van der Waals surface area contributed by atoms with Crippen molar-refractivity contribution in [1.29, 1.82) is 0 Å². The maximum absolute atomic E-state index is 12.3. The van der Waals surface area contributed by atoms with Crippen LogP contribution in [-0.2, 0) is 4.79 Å². The van der Waals surface area contributed by atoms with Crippen molar-refractivity contribution in [3.63, 3.8) is 0 Å². The molecular formula is C24H21N3O2. The molecule has 0 fully saturated rings. The van der Waals surface area contributed by atoms with Crippen LogP contribution in [0.3, 0.4) is 0 Å². The summed E-state index contributed by atoms with van der Waals surface area (Å²) in [6.45, 7) is 4.31. The highest BCUT2D eigenvalue weighted by Crippen LogP contribution is 2.25. The Morgan fingerprint density at radius 1 is 1.10 bits per heavy atom. The van der Waals surface area contributed by atoms with Crippen LogP contribution in [-0.4, -0.2) is 15.9 Å². The second kappa shape index (κ2) is 8.10. The van der Waals surface area contributed by atoms with Crippen molar-refractivity contribution in [3.8, 4) is 11.5 Å².